The van der Waals surface area contributed by atoms with Gasteiger partial charge in [-0.15, -0.1) is 0 Å². The molecule has 32 heavy (non-hydrogen) atoms. The zero-order chi connectivity index (χ0) is 22.1. The fourth-order valence-electron chi connectivity index (χ4n) is 4.69. The van der Waals surface area contributed by atoms with Crippen LogP contribution in [-0.2, 0) is 12.8 Å². The first-order valence-corrected chi connectivity index (χ1v) is 11.2. The highest BCUT2D eigenvalue weighted by Crippen LogP contribution is 2.29. The number of nitrogens with one attached hydrogen (secondary N) is 1. The molecule has 0 radical (unpaired) electrons. The Kier molecular flexibility index (Phi) is 5.54. The number of amides is 1. The van der Waals surface area contributed by atoms with Gasteiger partial charge in [0.25, 0.3) is 5.91 Å². The van der Waals surface area contributed by atoms with Crippen molar-refractivity contribution >= 4 is 22.6 Å². The van der Waals surface area contributed by atoms with Crippen LogP contribution in [0.2, 0.25) is 0 Å². The first-order chi connectivity index (χ1) is 15.5. The molecule has 0 aliphatic heterocycles. The molecule has 0 fully saturated rings. The molecule has 1 heterocycles. The van der Waals surface area contributed by atoms with E-state index in [2.05, 4.69) is 36.4 Å². The van der Waals surface area contributed by atoms with Gasteiger partial charge in [-0.1, -0.05) is 36.4 Å². The molecule has 5 rings (SSSR count). The summed E-state index contributed by atoms with van der Waals surface area (Å²) < 4.78 is 5.93. The normalized spacial score (nSPS) is 15.7. The maximum atomic E-state index is 12.8. The Morgan fingerprint density at radius 1 is 1.00 bits per heavy atom. The highest BCUT2D eigenvalue weighted by atomic mass is 16.3. The Labute approximate surface area is 188 Å². The van der Waals surface area contributed by atoms with Crippen molar-refractivity contribution in [3.63, 3.8) is 0 Å². The lowest BCUT2D eigenvalue weighted by Crippen LogP contribution is -2.26. The predicted molar refractivity (Wildman–Crippen MR) is 130 cm³/mol. The van der Waals surface area contributed by atoms with Gasteiger partial charge in [-0.25, -0.2) is 0 Å². The second-order valence-electron chi connectivity index (χ2n) is 9.03. The maximum Gasteiger partial charge on any atom is 0.255 e. The van der Waals surface area contributed by atoms with E-state index in [1.54, 1.807) is 0 Å². The third-order valence-corrected chi connectivity index (χ3v) is 6.28. The van der Waals surface area contributed by atoms with E-state index < -0.39 is 0 Å². The van der Waals surface area contributed by atoms with Crippen molar-refractivity contribution in [3.05, 3.63) is 89.5 Å². The van der Waals surface area contributed by atoms with Crippen LogP contribution in [0.25, 0.3) is 22.3 Å². The van der Waals surface area contributed by atoms with Gasteiger partial charge in [0.05, 0.1) is 0 Å². The van der Waals surface area contributed by atoms with E-state index in [4.69, 9.17) is 4.42 Å². The number of para-hydroxylation sites is 1. The fourth-order valence-corrected chi connectivity index (χ4v) is 4.69. The lowest BCUT2D eigenvalue weighted by atomic mass is 9.83. The average Bonchev–Trinajstić information content (AvgIpc) is 3.23. The number of hydrogen-bond donors (Lipinski definition) is 1. The Morgan fingerprint density at radius 2 is 1.81 bits per heavy atom. The molecule has 1 unspecified atom stereocenters. The smallest absolute Gasteiger partial charge is 0.255 e. The van der Waals surface area contributed by atoms with E-state index in [9.17, 15) is 4.79 Å². The van der Waals surface area contributed by atoms with Crippen molar-refractivity contribution < 1.29 is 9.21 Å². The van der Waals surface area contributed by atoms with Gasteiger partial charge in [0.15, 0.2) is 0 Å². The van der Waals surface area contributed by atoms with Gasteiger partial charge < -0.3 is 14.6 Å². The van der Waals surface area contributed by atoms with Crippen molar-refractivity contribution in [1.82, 2.24) is 4.90 Å². The molecule has 4 aromatic rings. The number of fused-ring (bicyclic) bond motifs is 2. The molecule has 1 atom stereocenters. The molecule has 0 saturated heterocycles. The lowest BCUT2D eigenvalue weighted by molar-refractivity contribution is 0.102. The lowest BCUT2D eigenvalue weighted by Gasteiger charge is -2.27. The summed E-state index contributed by atoms with van der Waals surface area (Å²) in [4.78, 5) is 15.1. The van der Waals surface area contributed by atoms with Gasteiger partial charge in [-0.3, -0.25) is 4.79 Å². The molecule has 0 bridgehead atoms. The van der Waals surface area contributed by atoms with E-state index in [1.807, 2.05) is 60.7 Å². The van der Waals surface area contributed by atoms with E-state index in [0.717, 1.165) is 47.4 Å². The summed E-state index contributed by atoms with van der Waals surface area (Å²) in [6.07, 6.45) is 3.39. The third-order valence-electron chi connectivity index (χ3n) is 6.28. The van der Waals surface area contributed by atoms with Crippen LogP contribution < -0.4 is 5.32 Å². The number of anilines is 1. The number of rotatable bonds is 5. The molecule has 162 valence electrons. The number of carbonyl (C=O) groups excluding carboxylic acids is 1. The molecular weight excluding hydrogens is 396 g/mol. The number of carbonyl (C=O) groups is 1. The van der Waals surface area contributed by atoms with Gasteiger partial charge in [-0.2, -0.15) is 0 Å². The highest BCUT2D eigenvalue weighted by Gasteiger charge is 2.20. The SMILES string of the molecule is CN(C)CC1CCc2cc(NC(=O)c3ccc(-c4cc5ccccc5o4)cc3)ccc2C1. The first kappa shape index (κ1) is 20.5. The van der Waals surface area contributed by atoms with Crippen LogP contribution in [0.4, 0.5) is 5.69 Å². The maximum absolute atomic E-state index is 12.8. The van der Waals surface area contributed by atoms with Crippen LogP contribution in [0.3, 0.4) is 0 Å². The van der Waals surface area contributed by atoms with Crippen LogP contribution in [0.5, 0.6) is 0 Å². The summed E-state index contributed by atoms with van der Waals surface area (Å²) in [6.45, 7) is 1.13. The molecular formula is C28H28N2O2. The van der Waals surface area contributed by atoms with Crippen LogP contribution >= 0.6 is 0 Å². The van der Waals surface area contributed by atoms with E-state index >= 15 is 0 Å². The molecule has 1 N–H and O–H groups in total. The molecule has 4 heteroatoms. The third kappa shape index (κ3) is 4.32. The summed E-state index contributed by atoms with van der Waals surface area (Å²) in [7, 11) is 4.27. The predicted octanol–water partition coefficient (Wildman–Crippen LogP) is 6.02. The van der Waals surface area contributed by atoms with Crippen molar-refractivity contribution in [2.75, 3.05) is 26.0 Å². The van der Waals surface area contributed by atoms with Gasteiger partial charge in [0, 0.05) is 28.7 Å². The Balaban J connectivity index is 1.27. The standard InChI is InChI=1S/C28H28N2O2/c1-30(2)18-19-7-8-23-16-25(14-13-22(23)15-19)29-28(31)21-11-9-20(10-12-21)27-17-24-5-3-4-6-26(24)32-27/h3-6,9-14,16-17,19H,7-8,15,18H2,1-2H3,(H,29,31). The molecule has 1 aromatic heterocycles. The second-order valence-corrected chi connectivity index (χ2v) is 9.03. The summed E-state index contributed by atoms with van der Waals surface area (Å²) in [5.41, 5.74) is 6.09. The molecule has 4 nitrogen and oxygen atoms in total. The summed E-state index contributed by atoms with van der Waals surface area (Å²) in [5.74, 6) is 1.42. The zero-order valence-electron chi connectivity index (χ0n) is 18.6. The topological polar surface area (TPSA) is 45.5 Å². The zero-order valence-corrected chi connectivity index (χ0v) is 18.6. The van der Waals surface area contributed by atoms with Gasteiger partial charge >= 0.3 is 0 Å². The Hall–Kier alpha value is -3.37. The monoisotopic (exact) mass is 424 g/mol. The van der Waals surface area contributed by atoms with E-state index in [-0.39, 0.29) is 5.91 Å². The molecule has 1 amide bonds. The summed E-state index contributed by atoms with van der Waals surface area (Å²) >= 11 is 0. The van der Waals surface area contributed by atoms with Crippen molar-refractivity contribution in [3.8, 4) is 11.3 Å². The Morgan fingerprint density at radius 3 is 2.59 bits per heavy atom. The molecule has 0 spiro atoms. The first-order valence-electron chi connectivity index (χ1n) is 11.2. The minimum Gasteiger partial charge on any atom is -0.456 e. The molecule has 0 saturated carbocycles. The summed E-state index contributed by atoms with van der Waals surface area (Å²) in [6, 6.07) is 23.9. The average molecular weight is 425 g/mol. The summed E-state index contributed by atoms with van der Waals surface area (Å²) in [5, 5.41) is 4.14. The number of furan rings is 1. The molecule has 3 aromatic carbocycles. The largest absolute Gasteiger partial charge is 0.456 e. The van der Waals surface area contributed by atoms with Crippen LogP contribution in [-0.4, -0.2) is 31.4 Å². The quantitative estimate of drug-likeness (QED) is 0.426. The molecule has 1 aliphatic rings. The van der Waals surface area contributed by atoms with Crippen LogP contribution in [0.15, 0.2) is 77.2 Å². The fraction of sp³-hybridized carbons (Fsp3) is 0.250. The number of benzene rings is 3. The number of hydrogen-bond acceptors (Lipinski definition) is 3. The second kappa shape index (κ2) is 8.64. The highest BCUT2D eigenvalue weighted by molar-refractivity contribution is 6.04. The van der Waals surface area contributed by atoms with Crippen molar-refractivity contribution in [1.29, 1.82) is 0 Å². The van der Waals surface area contributed by atoms with Crippen LogP contribution in [0.1, 0.15) is 27.9 Å². The minimum absolute atomic E-state index is 0.0950. The van der Waals surface area contributed by atoms with Crippen LogP contribution in [0, 0.1) is 5.92 Å². The van der Waals surface area contributed by atoms with Gasteiger partial charge in [0.2, 0.25) is 0 Å². The van der Waals surface area contributed by atoms with Crippen molar-refractivity contribution in [2.45, 2.75) is 19.3 Å². The minimum atomic E-state index is -0.0950. The molecule has 1 aliphatic carbocycles. The number of aryl methyl sites for hydroxylation is 1. The van der Waals surface area contributed by atoms with Crippen molar-refractivity contribution in [2.24, 2.45) is 5.92 Å². The van der Waals surface area contributed by atoms with E-state index in [0.29, 0.717) is 11.5 Å². The van der Waals surface area contributed by atoms with Gasteiger partial charge in [0.1, 0.15) is 11.3 Å². The Bertz CT molecular complexity index is 1220. The number of nitrogens with zero attached hydrogens (tertiary/aromatic N) is 1. The van der Waals surface area contributed by atoms with E-state index in [1.165, 1.54) is 17.5 Å². The van der Waals surface area contributed by atoms with Gasteiger partial charge in [-0.05, 0) is 86.8 Å².